The molecule has 0 radical (unpaired) electrons. The second-order valence-electron chi connectivity index (χ2n) is 8.58. The molecule has 5 heteroatoms. The number of hydrogen-bond acceptors (Lipinski definition) is 4. The lowest BCUT2D eigenvalue weighted by atomic mass is 9.91. The van der Waals surface area contributed by atoms with E-state index in [-0.39, 0.29) is 11.1 Å². The number of benzene rings is 1. The van der Waals surface area contributed by atoms with Crippen LogP contribution in [0.5, 0.6) is 0 Å². The van der Waals surface area contributed by atoms with Crippen LogP contribution >= 0.6 is 0 Å². The molecule has 136 valence electrons. The molecule has 0 amide bonds. The van der Waals surface area contributed by atoms with Crippen molar-refractivity contribution in [2.45, 2.75) is 69.7 Å². The van der Waals surface area contributed by atoms with Gasteiger partial charge in [-0.3, -0.25) is 0 Å². The quantitative estimate of drug-likeness (QED) is 0.657. The topological polar surface area (TPSA) is 51.0 Å². The van der Waals surface area contributed by atoms with Crippen molar-refractivity contribution in [1.29, 1.82) is 0 Å². The maximum Gasteiger partial charge on any atom is 0.217 e. The van der Waals surface area contributed by atoms with Gasteiger partial charge in [-0.2, -0.15) is 0 Å². The highest BCUT2D eigenvalue weighted by Gasteiger charge is 2.56. The van der Waals surface area contributed by atoms with E-state index >= 15 is 0 Å². The zero-order chi connectivity index (χ0) is 18.5. The van der Waals surface area contributed by atoms with E-state index in [2.05, 4.69) is 33.9 Å². The van der Waals surface area contributed by atoms with E-state index < -0.39 is 26.1 Å². The lowest BCUT2D eigenvalue weighted by Crippen LogP contribution is -2.55. The first-order chi connectivity index (χ1) is 11.6. The number of nitrogens with zero attached hydrogens (tertiary/aromatic N) is 1. The molecule has 1 aromatic carbocycles. The first-order valence-corrected chi connectivity index (χ1v) is 11.8. The molecule has 0 saturated heterocycles. The monoisotopic (exact) mass is 359 g/mol. The minimum atomic E-state index is -2.06. The van der Waals surface area contributed by atoms with Gasteiger partial charge in [-0.15, -0.1) is 0 Å². The Kier molecular flexibility index (Phi) is 4.46. The standard InChI is InChI=1S/C20H29NO3Si/c1-14-20(21-18(23-14)15-10-8-7-9-11-15)13-12-16(22)17(20)24-25(5,6)19(2,3)4/h7-14,16-17,22H,1-6H3/t14-,16-,17?,20+/m0/s1. The fourth-order valence-electron chi connectivity index (χ4n) is 3.12. The Morgan fingerprint density at radius 2 is 1.84 bits per heavy atom. The summed E-state index contributed by atoms with van der Waals surface area (Å²) in [6, 6.07) is 9.90. The van der Waals surface area contributed by atoms with Crippen LogP contribution in [0.25, 0.3) is 0 Å². The molecule has 1 aliphatic carbocycles. The summed E-state index contributed by atoms with van der Waals surface area (Å²) in [4.78, 5) is 4.91. The van der Waals surface area contributed by atoms with Crippen LogP contribution in [0, 0.1) is 0 Å². The molecular weight excluding hydrogens is 330 g/mol. The molecule has 1 unspecified atom stereocenters. The van der Waals surface area contributed by atoms with E-state index in [0.29, 0.717) is 5.90 Å². The van der Waals surface area contributed by atoms with E-state index in [1.807, 2.05) is 43.3 Å². The second kappa shape index (κ2) is 6.08. The van der Waals surface area contributed by atoms with Gasteiger partial charge in [0.25, 0.3) is 0 Å². The molecule has 2 aliphatic rings. The van der Waals surface area contributed by atoms with Crippen molar-refractivity contribution in [3.8, 4) is 0 Å². The minimum absolute atomic E-state index is 0.0607. The van der Waals surface area contributed by atoms with Crippen LogP contribution in [0.2, 0.25) is 18.1 Å². The number of hydrogen-bond donors (Lipinski definition) is 1. The lowest BCUT2D eigenvalue weighted by Gasteiger charge is -2.43. The van der Waals surface area contributed by atoms with E-state index in [1.165, 1.54) is 0 Å². The van der Waals surface area contributed by atoms with Crippen LogP contribution in [0.3, 0.4) is 0 Å². The highest BCUT2D eigenvalue weighted by Crippen LogP contribution is 2.45. The summed E-state index contributed by atoms with van der Waals surface area (Å²) in [5.41, 5.74) is 0.284. The highest BCUT2D eigenvalue weighted by atomic mass is 28.4. The molecule has 25 heavy (non-hydrogen) atoms. The smallest absolute Gasteiger partial charge is 0.217 e. The van der Waals surface area contributed by atoms with Crippen molar-refractivity contribution >= 4 is 14.2 Å². The molecule has 1 aliphatic heterocycles. The minimum Gasteiger partial charge on any atom is -0.471 e. The summed E-state index contributed by atoms with van der Waals surface area (Å²) < 4.78 is 12.7. The van der Waals surface area contributed by atoms with Gasteiger partial charge in [-0.1, -0.05) is 51.1 Å². The number of aliphatic hydroxyl groups excluding tert-OH is 1. The predicted octanol–water partition coefficient (Wildman–Crippen LogP) is 3.91. The average molecular weight is 360 g/mol. The largest absolute Gasteiger partial charge is 0.471 e. The molecular formula is C20H29NO3Si. The van der Waals surface area contributed by atoms with Gasteiger partial charge < -0.3 is 14.3 Å². The van der Waals surface area contributed by atoms with Gasteiger partial charge in [0.05, 0.1) is 6.10 Å². The van der Waals surface area contributed by atoms with Crippen molar-refractivity contribution in [2.75, 3.05) is 0 Å². The molecule has 4 atom stereocenters. The summed E-state index contributed by atoms with van der Waals surface area (Å²) in [7, 11) is -2.06. The molecule has 1 spiro atoms. The van der Waals surface area contributed by atoms with Crippen molar-refractivity contribution in [1.82, 2.24) is 0 Å². The SMILES string of the molecule is C[C@@H]1OC(c2ccccc2)=N[C@]12C=C[C@H](O)C2O[Si](C)(C)C(C)(C)C. The van der Waals surface area contributed by atoms with Gasteiger partial charge >= 0.3 is 0 Å². The molecule has 0 saturated carbocycles. The van der Waals surface area contributed by atoms with Crippen LogP contribution in [-0.2, 0) is 9.16 Å². The normalized spacial score (nSPS) is 32.1. The number of rotatable bonds is 3. The van der Waals surface area contributed by atoms with Crippen LogP contribution in [0.1, 0.15) is 33.3 Å². The van der Waals surface area contributed by atoms with Gasteiger partial charge in [0, 0.05) is 5.56 Å². The van der Waals surface area contributed by atoms with Gasteiger partial charge in [0.2, 0.25) is 5.90 Å². The molecule has 1 aromatic rings. The van der Waals surface area contributed by atoms with E-state index in [9.17, 15) is 5.11 Å². The fourth-order valence-corrected chi connectivity index (χ4v) is 4.43. The Morgan fingerprint density at radius 1 is 1.20 bits per heavy atom. The van der Waals surface area contributed by atoms with Crippen molar-refractivity contribution < 1.29 is 14.3 Å². The lowest BCUT2D eigenvalue weighted by molar-refractivity contribution is 0.00574. The first-order valence-electron chi connectivity index (χ1n) is 8.94. The van der Waals surface area contributed by atoms with Gasteiger partial charge in [-0.05, 0) is 37.2 Å². The summed E-state index contributed by atoms with van der Waals surface area (Å²) >= 11 is 0. The first kappa shape index (κ1) is 18.4. The number of aliphatic hydroxyl groups is 1. The Bertz CT molecular complexity index is 693. The van der Waals surface area contributed by atoms with E-state index in [1.54, 1.807) is 6.08 Å². The van der Waals surface area contributed by atoms with Crippen LogP contribution in [-0.4, -0.2) is 43.2 Å². The third-order valence-corrected chi connectivity index (χ3v) is 10.3. The fraction of sp³-hybridized carbons (Fsp3) is 0.550. The van der Waals surface area contributed by atoms with Crippen LogP contribution in [0.15, 0.2) is 47.5 Å². The highest BCUT2D eigenvalue weighted by molar-refractivity contribution is 6.74. The van der Waals surface area contributed by atoms with Crippen molar-refractivity contribution in [3.05, 3.63) is 48.0 Å². The predicted molar refractivity (Wildman–Crippen MR) is 103 cm³/mol. The summed E-state index contributed by atoms with van der Waals surface area (Å²) in [6.45, 7) is 13.0. The Morgan fingerprint density at radius 3 is 2.44 bits per heavy atom. The van der Waals surface area contributed by atoms with Crippen molar-refractivity contribution in [2.24, 2.45) is 4.99 Å². The third kappa shape index (κ3) is 3.09. The van der Waals surface area contributed by atoms with Crippen LogP contribution in [0.4, 0.5) is 0 Å². The Balaban J connectivity index is 1.96. The number of ether oxygens (including phenoxy) is 1. The third-order valence-electron chi connectivity index (χ3n) is 5.81. The molecule has 4 nitrogen and oxygen atoms in total. The van der Waals surface area contributed by atoms with E-state index in [4.69, 9.17) is 14.2 Å². The maximum atomic E-state index is 10.6. The van der Waals surface area contributed by atoms with Crippen LogP contribution < -0.4 is 0 Å². The molecule has 1 heterocycles. The van der Waals surface area contributed by atoms with Crippen molar-refractivity contribution in [3.63, 3.8) is 0 Å². The molecule has 1 N–H and O–H groups in total. The molecule has 0 aromatic heterocycles. The maximum absolute atomic E-state index is 10.6. The average Bonchev–Trinajstić information content (AvgIpc) is 3.03. The number of aliphatic imine (C=N–C) groups is 1. The Labute approximate surface area is 151 Å². The molecule has 0 bridgehead atoms. The van der Waals surface area contributed by atoms with E-state index in [0.717, 1.165) is 5.56 Å². The van der Waals surface area contributed by atoms with Gasteiger partial charge in [-0.25, -0.2) is 4.99 Å². The second-order valence-corrected chi connectivity index (χ2v) is 13.3. The summed E-state index contributed by atoms with van der Waals surface area (Å²) in [5.74, 6) is 0.621. The zero-order valence-electron chi connectivity index (χ0n) is 16.0. The summed E-state index contributed by atoms with van der Waals surface area (Å²) in [5, 5.41) is 10.7. The van der Waals surface area contributed by atoms with Gasteiger partial charge in [0.1, 0.15) is 17.7 Å². The molecule has 3 rings (SSSR count). The molecule has 0 fully saturated rings. The van der Waals surface area contributed by atoms with Gasteiger partial charge in [0.15, 0.2) is 8.32 Å². The Hall–Kier alpha value is -1.43. The zero-order valence-corrected chi connectivity index (χ0v) is 17.0. The summed E-state index contributed by atoms with van der Waals surface area (Å²) in [6.07, 6.45) is 2.50.